The van der Waals surface area contributed by atoms with Crippen LogP contribution in [0.25, 0.3) is 6.08 Å². The van der Waals surface area contributed by atoms with Crippen LogP contribution in [0.1, 0.15) is 27.9 Å². The summed E-state index contributed by atoms with van der Waals surface area (Å²) >= 11 is 2.32. The standard InChI is InChI=1S/C17H16N4O4S2/c1-8-14(9(2)22)27-16(18-8)20-21-17-19-15(24)12(26-17)7-10-5-4-6-11(25-3)13(10)23/h4-7,23H,1-3H3,(H,18,20)(H,19,21,24)/b12-7+. The SMILES string of the molecule is COc1cccc(/C=C2/S/C(=N/Nc3nc(C)c(C(C)=O)s3)NC2=O)c1O. The molecule has 8 nitrogen and oxygen atoms in total. The number of aromatic hydroxyl groups is 1. The molecule has 1 aromatic heterocycles. The summed E-state index contributed by atoms with van der Waals surface area (Å²) in [5.74, 6) is -0.108. The van der Waals surface area contributed by atoms with Crippen molar-refractivity contribution in [2.75, 3.05) is 12.5 Å². The van der Waals surface area contributed by atoms with Crippen molar-refractivity contribution in [2.24, 2.45) is 5.10 Å². The van der Waals surface area contributed by atoms with Crippen LogP contribution in [0, 0.1) is 6.92 Å². The molecule has 1 fully saturated rings. The second kappa shape index (κ2) is 7.80. The lowest BCUT2D eigenvalue weighted by Gasteiger charge is -2.05. The number of hydrogen-bond acceptors (Lipinski definition) is 9. The summed E-state index contributed by atoms with van der Waals surface area (Å²) < 4.78 is 5.06. The fourth-order valence-electron chi connectivity index (χ4n) is 2.31. The number of carbonyl (C=O) groups is 2. The number of amidine groups is 1. The summed E-state index contributed by atoms with van der Waals surface area (Å²) in [4.78, 5) is 28.8. The van der Waals surface area contributed by atoms with Crippen LogP contribution in [-0.2, 0) is 4.79 Å². The van der Waals surface area contributed by atoms with Crippen molar-refractivity contribution in [3.05, 3.63) is 39.2 Å². The van der Waals surface area contributed by atoms with Crippen molar-refractivity contribution in [1.29, 1.82) is 0 Å². The Morgan fingerprint density at radius 3 is 2.89 bits per heavy atom. The molecule has 1 aromatic carbocycles. The molecule has 27 heavy (non-hydrogen) atoms. The molecule has 2 aromatic rings. The Kier molecular flexibility index (Phi) is 5.47. The molecule has 0 spiro atoms. The molecule has 3 N–H and O–H groups in total. The summed E-state index contributed by atoms with van der Waals surface area (Å²) in [6.45, 7) is 3.23. The predicted octanol–water partition coefficient (Wildman–Crippen LogP) is 2.96. The minimum atomic E-state index is -0.331. The van der Waals surface area contributed by atoms with Gasteiger partial charge in [-0.2, -0.15) is 0 Å². The third-order valence-corrected chi connectivity index (χ3v) is 5.63. The van der Waals surface area contributed by atoms with Gasteiger partial charge in [0, 0.05) is 12.5 Å². The van der Waals surface area contributed by atoms with Crippen LogP contribution >= 0.6 is 23.1 Å². The number of benzene rings is 1. The number of anilines is 1. The number of hydrogen-bond donors (Lipinski definition) is 3. The van der Waals surface area contributed by atoms with Crippen molar-refractivity contribution in [3.63, 3.8) is 0 Å². The van der Waals surface area contributed by atoms with Gasteiger partial charge in [0.05, 0.1) is 22.6 Å². The van der Waals surface area contributed by atoms with Gasteiger partial charge in [-0.3, -0.25) is 20.3 Å². The molecule has 1 aliphatic heterocycles. The number of amides is 1. The van der Waals surface area contributed by atoms with Gasteiger partial charge in [-0.05, 0) is 30.8 Å². The molecule has 0 radical (unpaired) electrons. The van der Waals surface area contributed by atoms with Gasteiger partial charge in [0.1, 0.15) is 0 Å². The Labute approximate surface area is 163 Å². The lowest BCUT2D eigenvalue weighted by atomic mass is 10.1. The van der Waals surface area contributed by atoms with E-state index in [1.807, 2.05) is 0 Å². The second-order valence-corrected chi connectivity index (χ2v) is 7.51. The van der Waals surface area contributed by atoms with Gasteiger partial charge in [-0.25, -0.2) is 4.98 Å². The van der Waals surface area contributed by atoms with Gasteiger partial charge < -0.3 is 9.84 Å². The number of methoxy groups -OCH3 is 1. The molecule has 1 aliphatic rings. The molecule has 1 saturated heterocycles. The van der Waals surface area contributed by atoms with Crippen LogP contribution in [-0.4, -0.2) is 34.1 Å². The summed E-state index contributed by atoms with van der Waals surface area (Å²) in [6.07, 6.45) is 1.56. The summed E-state index contributed by atoms with van der Waals surface area (Å²) in [5, 5.41) is 17.7. The zero-order valence-electron chi connectivity index (χ0n) is 14.7. The van der Waals surface area contributed by atoms with Gasteiger partial charge in [0.2, 0.25) is 5.13 Å². The topological polar surface area (TPSA) is 113 Å². The van der Waals surface area contributed by atoms with Crippen molar-refractivity contribution >= 4 is 51.2 Å². The first kappa shape index (κ1) is 18.9. The van der Waals surface area contributed by atoms with Gasteiger partial charge in [0.15, 0.2) is 22.4 Å². The Balaban J connectivity index is 1.76. The van der Waals surface area contributed by atoms with Crippen LogP contribution in [0.2, 0.25) is 0 Å². The molecule has 10 heteroatoms. The van der Waals surface area contributed by atoms with Crippen molar-refractivity contribution in [3.8, 4) is 11.5 Å². The molecule has 0 saturated carbocycles. The highest BCUT2D eigenvalue weighted by Crippen LogP contribution is 2.34. The first-order valence-electron chi connectivity index (χ1n) is 7.78. The normalized spacial score (nSPS) is 16.6. The third kappa shape index (κ3) is 4.12. The number of aromatic nitrogens is 1. The van der Waals surface area contributed by atoms with Gasteiger partial charge in [0.25, 0.3) is 5.91 Å². The molecule has 2 heterocycles. The minimum Gasteiger partial charge on any atom is -0.504 e. The molecule has 0 bridgehead atoms. The van der Waals surface area contributed by atoms with Gasteiger partial charge >= 0.3 is 0 Å². The smallest absolute Gasteiger partial charge is 0.264 e. The highest BCUT2D eigenvalue weighted by atomic mass is 32.2. The number of rotatable bonds is 5. The van der Waals surface area contributed by atoms with E-state index >= 15 is 0 Å². The molecular formula is C17H16N4O4S2. The minimum absolute atomic E-state index is 0.0422. The van der Waals surface area contributed by atoms with Crippen molar-refractivity contribution < 1.29 is 19.4 Å². The third-order valence-electron chi connectivity index (χ3n) is 3.56. The number of Topliss-reactive ketones (excluding diaryl/α,β-unsaturated/α-hetero) is 1. The summed E-state index contributed by atoms with van der Waals surface area (Å²) in [7, 11) is 1.46. The monoisotopic (exact) mass is 404 g/mol. The fourth-order valence-corrected chi connectivity index (χ4v) is 3.89. The van der Waals surface area contributed by atoms with Crippen molar-refractivity contribution in [2.45, 2.75) is 13.8 Å². The summed E-state index contributed by atoms with van der Waals surface area (Å²) in [6, 6.07) is 5.02. The number of nitrogens with one attached hydrogen (secondary N) is 2. The number of hydrazone groups is 1. The number of ether oxygens (including phenoxy) is 1. The highest BCUT2D eigenvalue weighted by Gasteiger charge is 2.25. The van der Waals surface area contributed by atoms with E-state index in [1.54, 1.807) is 31.2 Å². The highest BCUT2D eigenvalue weighted by molar-refractivity contribution is 8.18. The molecular weight excluding hydrogens is 388 g/mol. The molecule has 0 atom stereocenters. The largest absolute Gasteiger partial charge is 0.504 e. The van der Waals surface area contributed by atoms with Crippen LogP contribution in [0.5, 0.6) is 11.5 Å². The molecule has 0 unspecified atom stereocenters. The maximum atomic E-state index is 12.1. The Morgan fingerprint density at radius 2 is 2.22 bits per heavy atom. The van der Waals surface area contributed by atoms with E-state index in [2.05, 4.69) is 20.8 Å². The Hall–Kier alpha value is -2.85. The van der Waals surface area contributed by atoms with E-state index in [4.69, 9.17) is 4.74 Å². The number of aryl methyl sites for hydroxylation is 1. The van der Waals surface area contributed by atoms with Gasteiger partial charge in [-0.1, -0.05) is 23.5 Å². The molecule has 0 aliphatic carbocycles. The second-order valence-electron chi connectivity index (χ2n) is 5.48. The summed E-state index contributed by atoms with van der Waals surface area (Å²) in [5.41, 5.74) is 3.84. The lowest BCUT2D eigenvalue weighted by molar-refractivity contribution is -0.115. The van der Waals surface area contributed by atoms with Crippen LogP contribution < -0.4 is 15.5 Å². The number of nitrogens with zero attached hydrogens (tertiary/aromatic N) is 2. The first-order chi connectivity index (χ1) is 12.9. The average Bonchev–Trinajstić information content (AvgIpc) is 3.17. The maximum absolute atomic E-state index is 12.1. The van der Waals surface area contributed by atoms with E-state index in [0.29, 0.717) is 37.1 Å². The van der Waals surface area contributed by atoms with E-state index in [1.165, 1.54) is 25.4 Å². The number of para-hydroxylation sites is 1. The predicted molar refractivity (Wildman–Crippen MR) is 106 cm³/mol. The quantitative estimate of drug-likeness (QED) is 0.399. The number of ketones is 1. The number of thiazole rings is 1. The number of phenols is 1. The number of phenolic OH excluding ortho intramolecular Hbond substituents is 1. The number of thioether (sulfide) groups is 1. The van der Waals surface area contributed by atoms with Crippen LogP contribution in [0.4, 0.5) is 5.13 Å². The Bertz CT molecular complexity index is 981. The van der Waals surface area contributed by atoms with Crippen LogP contribution in [0.15, 0.2) is 28.2 Å². The Morgan fingerprint density at radius 1 is 1.44 bits per heavy atom. The average molecular weight is 404 g/mol. The van der Waals surface area contributed by atoms with E-state index in [-0.39, 0.29) is 17.4 Å². The molecule has 140 valence electrons. The molecule has 1 amide bonds. The molecule has 3 rings (SSSR count). The fraction of sp³-hybridized carbons (Fsp3) is 0.176. The van der Waals surface area contributed by atoms with Gasteiger partial charge in [-0.15, -0.1) is 5.10 Å². The zero-order chi connectivity index (χ0) is 19.6. The first-order valence-corrected chi connectivity index (χ1v) is 9.41. The maximum Gasteiger partial charge on any atom is 0.264 e. The van der Waals surface area contributed by atoms with E-state index < -0.39 is 0 Å². The lowest BCUT2D eigenvalue weighted by Crippen LogP contribution is -2.20. The zero-order valence-corrected chi connectivity index (χ0v) is 16.3. The number of carbonyl (C=O) groups excluding carboxylic acids is 2. The van der Waals surface area contributed by atoms with Crippen LogP contribution in [0.3, 0.4) is 0 Å². The van der Waals surface area contributed by atoms with E-state index in [9.17, 15) is 14.7 Å². The van der Waals surface area contributed by atoms with Crippen molar-refractivity contribution in [1.82, 2.24) is 10.3 Å². The van der Waals surface area contributed by atoms with E-state index in [0.717, 1.165) is 11.8 Å².